The number of ether oxygens (including phenoxy) is 3. The van der Waals surface area contributed by atoms with Crippen molar-refractivity contribution >= 4 is 29.4 Å². The highest BCUT2D eigenvalue weighted by molar-refractivity contribution is 6.10. The number of benzene rings is 1. The average Bonchev–Trinajstić information content (AvgIpc) is 3.44. The van der Waals surface area contributed by atoms with Crippen LogP contribution in [0.1, 0.15) is 47.5 Å². The normalized spacial score (nSPS) is 25.1. The number of anilines is 2. The summed E-state index contributed by atoms with van der Waals surface area (Å²) >= 11 is 0. The highest BCUT2D eigenvalue weighted by atomic mass is 16.5. The minimum atomic E-state index is -0.869. The molecule has 3 aliphatic rings. The fourth-order valence-electron chi connectivity index (χ4n) is 6.48. The van der Waals surface area contributed by atoms with Crippen LogP contribution in [0.3, 0.4) is 0 Å². The summed E-state index contributed by atoms with van der Waals surface area (Å²) in [7, 11) is 2.62. The summed E-state index contributed by atoms with van der Waals surface area (Å²) in [5, 5.41) is 0. The van der Waals surface area contributed by atoms with Gasteiger partial charge in [-0.1, -0.05) is 12.1 Å². The molecule has 5 rings (SSSR count). The van der Waals surface area contributed by atoms with E-state index in [0.29, 0.717) is 25.0 Å². The summed E-state index contributed by atoms with van der Waals surface area (Å²) in [4.78, 5) is 47.6. The molecule has 2 heterocycles. The third-order valence-corrected chi connectivity index (χ3v) is 8.09. The summed E-state index contributed by atoms with van der Waals surface area (Å²) in [6.07, 6.45) is 4.96. The zero-order valence-electron chi connectivity index (χ0n) is 20.4. The van der Waals surface area contributed by atoms with Crippen molar-refractivity contribution in [3.05, 3.63) is 41.7 Å². The minimum Gasteiger partial charge on any atom is -0.475 e. The van der Waals surface area contributed by atoms with E-state index in [1.54, 1.807) is 4.90 Å². The van der Waals surface area contributed by atoms with Gasteiger partial charge in [-0.2, -0.15) is 0 Å². The Morgan fingerprint density at radius 2 is 1.72 bits per heavy atom. The van der Waals surface area contributed by atoms with Crippen molar-refractivity contribution < 1.29 is 28.6 Å². The number of hydrogen-bond donors (Lipinski definition) is 1. The van der Waals surface area contributed by atoms with Crippen molar-refractivity contribution in [2.24, 2.45) is 23.7 Å². The first-order valence-corrected chi connectivity index (χ1v) is 12.2. The SMILES string of the molecule is COC(=O)C(C(=O)OC)[C@@H]1CC[C@H]2[C@@H]1CC[C@H]2c1ccc(N2CCOc3ncnc(N)c3C2=O)cc1. The lowest BCUT2D eigenvalue weighted by molar-refractivity contribution is -0.162. The van der Waals surface area contributed by atoms with Crippen LogP contribution >= 0.6 is 0 Å². The second-order valence-electron chi connectivity index (χ2n) is 9.61. The maximum atomic E-state index is 13.2. The number of carbonyl (C=O) groups is 3. The fourth-order valence-corrected chi connectivity index (χ4v) is 6.48. The molecule has 2 aromatic rings. The van der Waals surface area contributed by atoms with Gasteiger partial charge in [0, 0.05) is 5.69 Å². The first-order chi connectivity index (χ1) is 17.4. The van der Waals surface area contributed by atoms with Gasteiger partial charge in [-0.05, 0) is 67.1 Å². The standard InChI is InChI=1S/C26H30N4O6/c1-34-25(32)20(26(33)35-2)19-10-9-17-16(7-8-18(17)19)14-3-5-15(6-4-14)30-11-12-36-23-21(24(30)31)22(27)28-13-29-23/h3-6,13,16-20H,7-12H2,1-2H3,(H2,27,28,29)/t16-,17+,18-,19+/m0/s1. The number of fused-ring (bicyclic) bond motifs is 2. The van der Waals surface area contributed by atoms with Gasteiger partial charge in [0.25, 0.3) is 5.91 Å². The van der Waals surface area contributed by atoms with E-state index >= 15 is 0 Å². The van der Waals surface area contributed by atoms with E-state index in [1.807, 2.05) is 12.1 Å². The summed E-state index contributed by atoms with van der Waals surface area (Å²) in [5.74, 6) is -0.972. The molecule has 1 aromatic carbocycles. The molecule has 2 saturated carbocycles. The third-order valence-electron chi connectivity index (χ3n) is 8.09. The molecule has 10 heteroatoms. The lowest BCUT2D eigenvalue weighted by Gasteiger charge is -2.25. The van der Waals surface area contributed by atoms with E-state index in [9.17, 15) is 14.4 Å². The molecular formula is C26H30N4O6. The van der Waals surface area contributed by atoms with Gasteiger partial charge in [0.1, 0.15) is 24.3 Å². The van der Waals surface area contributed by atoms with E-state index in [4.69, 9.17) is 19.9 Å². The number of rotatable bonds is 5. The number of esters is 2. The molecule has 0 saturated heterocycles. The van der Waals surface area contributed by atoms with Crippen molar-refractivity contribution in [3.63, 3.8) is 0 Å². The number of hydrogen-bond acceptors (Lipinski definition) is 9. The molecule has 2 aliphatic carbocycles. The lowest BCUT2D eigenvalue weighted by atomic mass is 9.80. The number of nitrogen functional groups attached to an aromatic ring is 1. The third kappa shape index (κ3) is 4.04. The summed E-state index contributed by atoms with van der Waals surface area (Å²) in [6, 6.07) is 8.03. The average molecular weight is 495 g/mol. The first-order valence-electron chi connectivity index (χ1n) is 12.2. The Kier molecular flexibility index (Phi) is 6.51. The molecule has 1 aliphatic heterocycles. The van der Waals surface area contributed by atoms with Crippen LogP contribution in [-0.2, 0) is 19.1 Å². The van der Waals surface area contributed by atoms with E-state index in [1.165, 1.54) is 26.1 Å². The van der Waals surface area contributed by atoms with Crippen LogP contribution in [-0.4, -0.2) is 55.2 Å². The summed E-state index contributed by atoms with van der Waals surface area (Å²) in [5.41, 5.74) is 8.07. The molecule has 10 nitrogen and oxygen atoms in total. The van der Waals surface area contributed by atoms with Crippen LogP contribution in [0.2, 0.25) is 0 Å². The van der Waals surface area contributed by atoms with E-state index in [0.717, 1.165) is 31.4 Å². The van der Waals surface area contributed by atoms with Gasteiger partial charge >= 0.3 is 11.9 Å². The molecule has 0 spiro atoms. The number of nitrogens with two attached hydrogens (primary N) is 1. The van der Waals surface area contributed by atoms with E-state index < -0.39 is 17.9 Å². The largest absolute Gasteiger partial charge is 0.475 e. The highest BCUT2D eigenvalue weighted by Crippen LogP contribution is 2.56. The number of methoxy groups -OCH3 is 2. The van der Waals surface area contributed by atoms with Gasteiger partial charge in [0.05, 0.1) is 20.8 Å². The lowest BCUT2D eigenvalue weighted by Crippen LogP contribution is -2.35. The molecule has 0 unspecified atom stereocenters. The zero-order chi connectivity index (χ0) is 25.4. The highest BCUT2D eigenvalue weighted by Gasteiger charge is 2.51. The van der Waals surface area contributed by atoms with Gasteiger partial charge in [-0.3, -0.25) is 14.4 Å². The van der Waals surface area contributed by atoms with Crippen molar-refractivity contribution in [2.45, 2.75) is 31.6 Å². The maximum absolute atomic E-state index is 13.2. The Labute approximate surface area is 209 Å². The minimum absolute atomic E-state index is 0.0679. The van der Waals surface area contributed by atoms with Crippen molar-refractivity contribution in [1.82, 2.24) is 9.97 Å². The molecule has 2 fully saturated rings. The molecule has 1 amide bonds. The van der Waals surface area contributed by atoms with Crippen LogP contribution in [0.4, 0.5) is 11.5 Å². The quantitative estimate of drug-likeness (QED) is 0.492. The van der Waals surface area contributed by atoms with Gasteiger partial charge in [0.2, 0.25) is 5.88 Å². The van der Waals surface area contributed by atoms with E-state index in [-0.39, 0.29) is 35.0 Å². The van der Waals surface area contributed by atoms with Crippen LogP contribution in [0.5, 0.6) is 5.88 Å². The Morgan fingerprint density at radius 3 is 2.42 bits per heavy atom. The predicted molar refractivity (Wildman–Crippen MR) is 129 cm³/mol. The van der Waals surface area contributed by atoms with Crippen molar-refractivity contribution in [1.29, 1.82) is 0 Å². The van der Waals surface area contributed by atoms with Crippen LogP contribution in [0.25, 0.3) is 0 Å². The van der Waals surface area contributed by atoms with Crippen LogP contribution in [0, 0.1) is 23.7 Å². The summed E-state index contributed by atoms with van der Waals surface area (Å²) < 4.78 is 15.5. The number of carbonyl (C=O) groups excluding carboxylic acids is 3. The van der Waals surface area contributed by atoms with Crippen molar-refractivity contribution in [2.75, 3.05) is 38.0 Å². The molecular weight excluding hydrogens is 464 g/mol. The zero-order valence-corrected chi connectivity index (χ0v) is 20.4. The maximum Gasteiger partial charge on any atom is 0.320 e. The molecule has 36 heavy (non-hydrogen) atoms. The van der Waals surface area contributed by atoms with Crippen molar-refractivity contribution in [3.8, 4) is 5.88 Å². The molecule has 2 N–H and O–H groups in total. The van der Waals surface area contributed by atoms with Gasteiger partial charge in [-0.25, -0.2) is 9.97 Å². The molecule has 0 bridgehead atoms. The monoisotopic (exact) mass is 494 g/mol. The van der Waals surface area contributed by atoms with E-state index in [2.05, 4.69) is 22.1 Å². The smallest absolute Gasteiger partial charge is 0.320 e. The Bertz CT molecular complexity index is 1150. The Morgan fingerprint density at radius 1 is 1.03 bits per heavy atom. The fraction of sp³-hybridized carbons (Fsp3) is 0.500. The second kappa shape index (κ2) is 9.75. The van der Waals surface area contributed by atoms with Gasteiger partial charge in [-0.15, -0.1) is 0 Å². The molecule has 1 aromatic heterocycles. The summed E-state index contributed by atoms with van der Waals surface area (Å²) in [6.45, 7) is 0.665. The molecule has 0 radical (unpaired) electrons. The van der Waals surface area contributed by atoms with Gasteiger partial charge < -0.3 is 24.8 Å². The number of aromatic nitrogens is 2. The first kappa shape index (κ1) is 24.0. The Hall–Kier alpha value is -3.69. The topological polar surface area (TPSA) is 134 Å². The molecule has 4 atom stereocenters. The number of amides is 1. The van der Waals surface area contributed by atoms with Crippen LogP contribution < -0.4 is 15.4 Å². The van der Waals surface area contributed by atoms with Crippen LogP contribution in [0.15, 0.2) is 30.6 Å². The second-order valence-corrected chi connectivity index (χ2v) is 9.61. The molecule has 190 valence electrons. The Balaban J connectivity index is 1.34. The van der Waals surface area contributed by atoms with Gasteiger partial charge in [0.15, 0.2) is 5.92 Å². The number of nitrogens with zero attached hydrogens (tertiary/aromatic N) is 3. The predicted octanol–water partition coefficient (Wildman–Crippen LogP) is 2.58.